The number of methoxy groups -OCH3 is 1. The lowest BCUT2D eigenvalue weighted by molar-refractivity contribution is 0.415. The van der Waals surface area contributed by atoms with E-state index >= 15 is 0 Å². The van der Waals surface area contributed by atoms with Crippen LogP contribution >= 0.6 is 0 Å². The average Bonchev–Trinajstić information content (AvgIpc) is 3.31. The van der Waals surface area contributed by atoms with Crippen LogP contribution in [0.2, 0.25) is 0 Å². The van der Waals surface area contributed by atoms with Crippen molar-refractivity contribution >= 4 is 16.9 Å². The van der Waals surface area contributed by atoms with E-state index in [1.165, 1.54) is 0 Å². The number of rotatable bonds is 6. The molecule has 25 heavy (non-hydrogen) atoms. The first kappa shape index (κ1) is 15.2. The Labute approximate surface area is 144 Å². The van der Waals surface area contributed by atoms with Crippen molar-refractivity contribution < 1.29 is 9.15 Å². The van der Waals surface area contributed by atoms with Gasteiger partial charge in [-0.2, -0.15) is 0 Å². The second-order valence-electron chi connectivity index (χ2n) is 5.51. The van der Waals surface area contributed by atoms with Crippen LogP contribution in [0.3, 0.4) is 0 Å². The first-order valence-electron chi connectivity index (χ1n) is 7.94. The van der Waals surface area contributed by atoms with E-state index in [1.807, 2.05) is 36.5 Å². The highest BCUT2D eigenvalue weighted by atomic mass is 16.5. The Bertz CT molecular complexity index is 974. The Hall–Kier alpha value is -3.35. The number of hydrogen-bond acceptors (Lipinski definition) is 6. The molecule has 3 heterocycles. The van der Waals surface area contributed by atoms with Crippen molar-refractivity contribution in [3.8, 4) is 17.2 Å². The van der Waals surface area contributed by atoms with Gasteiger partial charge < -0.3 is 19.5 Å². The number of ether oxygens (including phenoxy) is 1. The molecular weight excluding hydrogens is 318 g/mol. The van der Waals surface area contributed by atoms with Crippen LogP contribution in [-0.4, -0.2) is 33.6 Å². The molecule has 126 valence electrons. The molecule has 0 amide bonds. The average molecular weight is 335 g/mol. The molecule has 0 bridgehead atoms. The summed E-state index contributed by atoms with van der Waals surface area (Å²) in [5, 5.41) is 4.29. The van der Waals surface area contributed by atoms with Crippen molar-refractivity contribution in [3.63, 3.8) is 0 Å². The third kappa shape index (κ3) is 3.16. The number of hydrogen-bond donors (Lipinski definition) is 2. The van der Waals surface area contributed by atoms with Crippen molar-refractivity contribution in [1.82, 2.24) is 19.9 Å². The van der Waals surface area contributed by atoms with Crippen molar-refractivity contribution in [2.75, 3.05) is 19.0 Å². The van der Waals surface area contributed by atoms with E-state index in [9.17, 15) is 0 Å². The number of aromatic amines is 1. The monoisotopic (exact) mass is 335 g/mol. The van der Waals surface area contributed by atoms with Crippen LogP contribution in [0.5, 0.6) is 5.75 Å². The van der Waals surface area contributed by atoms with Crippen LogP contribution in [0.4, 0.5) is 5.82 Å². The van der Waals surface area contributed by atoms with Gasteiger partial charge in [0.05, 0.1) is 18.2 Å². The largest absolute Gasteiger partial charge is 0.497 e. The molecule has 0 aliphatic carbocycles. The highest BCUT2D eigenvalue weighted by molar-refractivity contribution is 5.86. The van der Waals surface area contributed by atoms with Crippen LogP contribution < -0.4 is 10.1 Å². The van der Waals surface area contributed by atoms with Crippen molar-refractivity contribution in [3.05, 3.63) is 54.8 Å². The second-order valence-corrected chi connectivity index (χ2v) is 5.51. The Morgan fingerprint density at radius 1 is 1.16 bits per heavy atom. The number of fused-ring (bicyclic) bond motifs is 1. The zero-order valence-electron chi connectivity index (χ0n) is 13.7. The number of H-pyrrole nitrogens is 1. The molecule has 0 atom stereocenters. The first-order chi connectivity index (χ1) is 12.3. The van der Waals surface area contributed by atoms with Crippen LogP contribution in [-0.2, 0) is 6.42 Å². The lowest BCUT2D eigenvalue weighted by Gasteiger charge is -2.04. The maximum Gasteiger partial charge on any atom is 0.226 e. The summed E-state index contributed by atoms with van der Waals surface area (Å²) >= 11 is 0. The van der Waals surface area contributed by atoms with Gasteiger partial charge in [0.15, 0.2) is 0 Å². The minimum absolute atomic E-state index is 0.604. The van der Waals surface area contributed by atoms with Crippen molar-refractivity contribution in [2.24, 2.45) is 0 Å². The molecule has 7 nitrogen and oxygen atoms in total. The highest BCUT2D eigenvalue weighted by Gasteiger charge is 2.08. The van der Waals surface area contributed by atoms with E-state index < -0.39 is 0 Å². The van der Waals surface area contributed by atoms with Gasteiger partial charge in [-0.25, -0.2) is 15.0 Å². The molecule has 0 fully saturated rings. The van der Waals surface area contributed by atoms with E-state index in [4.69, 9.17) is 9.15 Å². The van der Waals surface area contributed by atoms with Crippen LogP contribution in [0, 0.1) is 0 Å². The lowest BCUT2D eigenvalue weighted by Crippen LogP contribution is -2.07. The van der Waals surface area contributed by atoms with E-state index in [2.05, 4.69) is 25.3 Å². The molecule has 4 rings (SSSR count). The van der Waals surface area contributed by atoms with Gasteiger partial charge in [0.1, 0.15) is 29.8 Å². The summed E-state index contributed by atoms with van der Waals surface area (Å²) in [6.45, 7) is 0.700. The van der Waals surface area contributed by atoms with Crippen LogP contribution in [0.25, 0.3) is 22.5 Å². The maximum absolute atomic E-state index is 5.57. The molecular formula is C18H17N5O2. The standard InChI is InChI=1S/C18H17N5O2/c1-24-14-4-2-12(3-5-14)18-23-13(10-25-18)6-8-19-16-15-7-9-20-17(15)22-11-21-16/h2-5,7,9-11H,6,8H2,1H3,(H2,19,20,21,22). The zero-order chi connectivity index (χ0) is 17.1. The second kappa shape index (κ2) is 6.64. The number of anilines is 1. The summed E-state index contributed by atoms with van der Waals surface area (Å²) < 4.78 is 10.7. The van der Waals surface area contributed by atoms with Gasteiger partial charge in [-0.15, -0.1) is 0 Å². The molecule has 7 heteroatoms. The van der Waals surface area contributed by atoms with E-state index in [1.54, 1.807) is 19.7 Å². The van der Waals surface area contributed by atoms with E-state index in [0.29, 0.717) is 12.4 Å². The lowest BCUT2D eigenvalue weighted by atomic mass is 10.2. The Morgan fingerprint density at radius 2 is 2.04 bits per heavy atom. The molecule has 0 saturated carbocycles. The maximum atomic E-state index is 5.57. The molecule has 2 N–H and O–H groups in total. The summed E-state index contributed by atoms with van der Waals surface area (Å²) in [6.07, 6.45) is 5.81. The predicted octanol–water partition coefficient (Wildman–Crippen LogP) is 3.28. The molecule has 0 aliphatic heterocycles. The summed E-state index contributed by atoms with van der Waals surface area (Å²) in [4.78, 5) is 16.1. The molecule has 1 aromatic carbocycles. The van der Waals surface area contributed by atoms with Crippen LogP contribution in [0.15, 0.2) is 53.5 Å². The molecule has 0 aliphatic rings. The number of nitrogens with zero attached hydrogens (tertiary/aromatic N) is 3. The fraction of sp³-hybridized carbons (Fsp3) is 0.167. The minimum atomic E-state index is 0.604. The Morgan fingerprint density at radius 3 is 2.88 bits per heavy atom. The third-order valence-electron chi connectivity index (χ3n) is 3.92. The summed E-state index contributed by atoms with van der Waals surface area (Å²) in [6, 6.07) is 9.58. The van der Waals surface area contributed by atoms with Gasteiger partial charge in [0.25, 0.3) is 0 Å². The van der Waals surface area contributed by atoms with Gasteiger partial charge in [-0.05, 0) is 30.3 Å². The molecule has 0 spiro atoms. The molecule has 0 radical (unpaired) electrons. The smallest absolute Gasteiger partial charge is 0.226 e. The molecule has 3 aromatic heterocycles. The number of benzene rings is 1. The SMILES string of the molecule is COc1ccc(-c2nc(CCNc3ncnc4[nH]ccc34)co2)cc1. The van der Waals surface area contributed by atoms with Gasteiger partial charge in [-0.3, -0.25) is 0 Å². The summed E-state index contributed by atoms with van der Waals surface area (Å²) in [5.41, 5.74) is 2.63. The van der Waals surface area contributed by atoms with E-state index in [-0.39, 0.29) is 0 Å². The van der Waals surface area contributed by atoms with E-state index in [0.717, 1.165) is 40.3 Å². The first-order valence-corrected chi connectivity index (χ1v) is 7.94. The quantitative estimate of drug-likeness (QED) is 0.562. The molecule has 0 saturated heterocycles. The number of oxazole rings is 1. The molecule has 0 unspecified atom stereocenters. The van der Waals surface area contributed by atoms with Gasteiger partial charge in [-0.1, -0.05) is 0 Å². The van der Waals surface area contributed by atoms with Gasteiger partial charge >= 0.3 is 0 Å². The number of nitrogens with one attached hydrogen (secondary N) is 2. The fourth-order valence-electron chi connectivity index (χ4n) is 2.61. The predicted molar refractivity (Wildman–Crippen MR) is 94.6 cm³/mol. The highest BCUT2D eigenvalue weighted by Crippen LogP contribution is 2.22. The fourth-order valence-corrected chi connectivity index (χ4v) is 2.61. The van der Waals surface area contributed by atoms with Crippen molar-refractivity contribution in [2.45, 2.75) is 6.42 Å². The van der Waals surface area contributed by atoms with Gasteiger partial charge in [0.2, 0.25) is 5.89 Å². The zero-order valence-corrected chi connectivity index (χ0v) is 13.7. The third-order valence-corrected chi connectivity index (χ3v) is 3.92. The normalized spacial score (nSPS) is 10.9. The summed E-state index contributed by atoms with van der Waals surface area (Å²) in [5.74, 6) is 2.22. The minimum Gasteiger partial charge on any atom is -0.497 e. The Kier molecular flexibility index (Phi) is 4.04. The Balaban J connectivity index is 1.40. The van der Waals surface area contributed by atoms with Gasteiger partial charge in [0, 0.05) is 24.7 Å². The topological polar surface area (TPSA) is 88.9 Å². The van der Waals surface area contributed by atoms with Crippen LogP contribution in [0.1, 0.15) is 5.69 Å². The summed E-state index contributed by atoms with van der Waals surface area (Å²) in [7, 11) is 1.64. The van der Waals surface area contributed by atoms with Crippen molar-refractivity contribution in [1.29, 1.82) is 0 Å². The molecule has 4 aromatic rings. The number of aromatic nitrogens is 4.